The number of ether oxygens (including phenoxy) is 1. The Hall–Kier alpha value is -2.19. The zero-order chi connectivity index (χ0) is 22.6. The molecule has 0 bridgehead atoms. The van der Waals surface area contributed by atoms with Crippen LogP contribution >= 0.6 is 11.9 Å². The highest BCUT2D eigenvalue weighted by Crippen LogP contribution is 2.32. The Morgan fingerprint density at radius 3 is 2.35 bits per heavy atom. The highest BCUT2D eigenvalue weighted by molar-refractivity contribution is 7.97. The number of carbonyl (C=O) groups is 1. The van der Waals surface area contributed by atoms with Gasteiger partial charge in [-0.1, -0.05) is 23.8 Å². The van der Waals surface area contributed by atoms with E-state index in [1.54, 1.807) is 25.8 Å². The predicted octanol–water partition coefficient (Wildman–Crippen LogP) is 5.46. The number of nitrogens with zero attached hydrogens (tertiary/aromatic N) is 1. The minimum Gasteiger partial charge on any atom is -0.478 e. The second-order valence-electron chi connectivity index (χ2n) is 8.22. The van der Waals surface area contributed by atoms with Gasteiger partial charge in [-0.3, -0.25) is 4.79 Å². The van der Waals surface area contributed by atoms with Crippen LogP contribution in [0.25, 0.3) is 0 Å². The summed E-state index contributed by atoms with van der Waals surface area (Å²) in [7, 11) is 0. The third-order valence-corrected chi connectivity index (χ3v) is 6.23. The first-order valence-corrected chi connectivity index (χ1v) is 11.0. The van der Waals surface area contributed by atoms with Crippen molar-refractivity contribution in [1.29, 1.82) is 0 Å². The Morgan fingerprint density at radius 2 is 1.74 bits per heavy atom. The molecular weight excluding hydrogens is 425 g/mol. The lowest BCUT2D eigenvalue weighted by molar-refractivity contribution is -0.138. The molecule has 0 spiro atoms. The molecule has 3 rings (SSSR count). The monoisotopic (exact) mass is 452 g/mol. The van der Waals surface area contributed by atoms with Crippen LogP contribution in [-0.2, 0) is 11.0 Å². The molecular formula is C23H27F3N2O2S. The van der Waals surface area contributed by atoms with Gasteiger partial charge in [0.15, 0.2) is 5.60 Å². The van der Waals surface area contributed by atoms with Crippen LogP contribution in [0.1, 0.15) is 37.8 Å². The molecule has 1 amide bonds. The summed E-state index contributed by atoms with van der Waals surface area (Å²) in [5.41, 5.74) is -0.877. The highest BCUT2D eigenvalue weighted by Gasteiger charge is 2.34. The molecule has 168 valence electrons. The van der Waals surface area contributed by atoms with Gasteiger partial charge in [0.1, 0.15) is 5.75 Å². The second-order valence-corrected chi connectivity index (χ2v) is 9.39. The van der Waals surface area contributed by atoms with Gasteiger partial charge in [-0.15, -0.1) is 0 Å². The van der Waals surface area contributed by atoms with Crippen molar-refractivity contribution in [2.75, 3.05) is 13.1 Å². The fraction of sp³-hybridized carbons (Fsp3) is 0.435. The third kappa shape index (κ3) is 6.64. The van der Waals surface area contributed by atoms with Crippen molar-refractivity contribution in [3.63, 3.8) is 0 Å². The van der Waals surface area contributed by atoms with E-state index in [-0.39, 0.29) is 17.7 Å². The molecule has 1 saturated heterocycles. The van der Waals surface area contributed by atoms with E-state index < -0.39 is 17.3 Å². The summed E-state index contributed by atoms with van der Waals surface area (Å²) in [4.78, 5) is 13.9. The fourth-order valence-electron chi connectivity index (χ4n) is 3.28. The smallest absolute Gasteiger partial charge is 0.416 e. The topological polar surface area (TPSA) is 41.6 Å². The molecule has 1 aliphatic rings. The fourth-order valence-corrected chi connectivity index (χ4v) is 4.23. The van der Waals surface area contributed by atoms with Crippen molar-refractivity contribution < 1.29 is 22.7 Å². The maximum absolute atomic E-state index is 12.9. The lowest BCUT2D eigenvalue weighted by Crippen LogP contribution is -2.52. The average Bonchev–Trinajstić information content (AvgIpc) is 2.70. The summed E-state index contributed by atoms with van der Waals surface area (Å²) in [6.45, 7) is 6.84. The normalized spacial score (nSPS) is 16.2. The summed E-state index contributed by atoms with van der Waals surface area (Å²) < 4.78 is 46.6. The van der Waals surface area contributed by atoms with E-state index in [1.807, 2.05) is 0 Å². The van der Waals surface area contributed by atoms with E-state index in [1.165, 1.54) is 22.6 Å². The van der Waals surface area contributed by atoms with E-state index >= 15 is 0 Å². The number of piperidine rings is 1. The van der Waals surface area contributed by atoms with Gasteiger partial charge < -0.3 is 10.1 Å². The molecule has 0 radical (unpaired) electrons. The van der Waals surface area contributed by atoms with Crippen LogP contribution in [0.15, 0.2) is 53.4 Å². The van der Waals surface area contributed by atoms with Crippen LogP contribution in [0.2, 0.25) is 0 Å². The number of alkyl halides is 3. The van der Waals surface area contributed by atoms with Gasteiger partial charge >= 0.3 is 6.18 Å². The zero-order valence-corrected chi connectivity index (χ0v) is 18.6. The molecule has 0 unspecified atom stereocenters. The summed E-state index contributed by atoms with van der Waals surface area (Å²) in [6.07, 6.45) is -2.87. The quantitative estimate of drug-likeness (QED) is 0.591. The van der Waals surface area contributed by atoms with Crippen LogP contribution in [0.5, 0.6) is 5.75 Å². The van der Waals surface area contributed by atoms with E-state index in [4.69, 9.17) is 4.74 Å². The number of benzene rings is 2. The lowest BCUT2D eigenvalue weighted by Gasteiger charge is -2.33. The minimum atomic E-state index is -4.46. The first kappa shape index (κ1) is 23.5. The number of aryl methyl sites for hydroxylation is 1. The van der Waals surface area contributed by atoms with E-state index in [2.05, 4.69) is 40.8 Å². The average molecular weight is 453 g/mol. The molecule has 0 aliphatic carbocycles. The Morgan fingerprint density at radius 1 is 1.10 bits per heavy atom. The van der Waals surface area contributed by atoms with Gasteiger partial charge in [0, 0.05) is 24.0 Å². The zero-order valence-electron chi connectivity index (χ0n) is 17.8. The van der Waals surface area contributed by atoms with E-state index in [0.717, 1.165) is 38.1 Å². The van der Waals surface area contributed by atoms with Crippen molar-refractivity contribution >= 4 is 17.9 Å². The van der Waals surface area contributed by atoms with Gasteiger partial charge in [-0.05, 0) is 75.9 Å². The molecule has 1 N–H and O–H groups in total. The number of halogens is 3. The standard InChI is InChI=1S/C23H27F3N2O2S/c1-16-7-9-20(10-8-16)31-28-13-11-18(12-14-28)27-21(29)22(2,3)30-19-6-4-5-17(15-19)23(24,25)26/h4-10,15,18H,11-14H2,1-3H3,(H,27,29). The van der Waals surface area contributed by atoms with Crippen molar-refractivity contribution in [1.82, 2.24) is 9.62 Å². The summed E-state index contributed by atoms with van der Waals surface area (Å²) >= 11 is 1.71. The lowest BCUT2D eigenvalue weighted by atomic mass is 10.0. The number of amides is 1. The Bertz CT molecular complexity index is 892. The number of hydrogen-bond donors (Lipinski definition) is 1. The van der Waals surface area contributed by atoms with Crippen molar-refractivity contribution in [2.45, 2.75) is 56.3 Å². The first-order valence-electron chi connectivity index (χ1n) is 10.2. The molecule has 4 nitrogen and oxygen atoms in total. The SMILES string of the molecule is Cc1ccc(SN2CCC(NC(=O)C(C)(C)Oc3cccc(C(F)(F)F)c3)CC2)cc1. The second kappa shape index (κ2) is 9.53. The third-order valence-electron chi connectivity index (χ3n) is 5.13. The Labute approximate surface area is 185 Å². The van der Waals surface area contributed by atoms with Crippen LogP contribution in [0, 0.1) is 6.92 Å². The number of rotatable bonds is 6. The van der Waals surface area contributed by atoms with Gasteiger partial charge in [-0.2, -0.15) is 13.2 Å². The molecule has 0 aromatic heterocycles. The first-order chi connectivity index (χ1) is 14.5. The van der Waals surface area contributed by atoms with Crippen LogP contribution in [0.4, 0.5) is 13.2 Å². The molecule has 1 heterocycles. The van der Waals surface area contributed by atoms with Crippen LogP contribution < -0.4 is 10.1 Å². The van der Waals surface area contributed by atoms with Crippen molar-refractivity contribution in [3.05, 3.63) is 59.7 Å². The number of carbonyl (C=O) groups excluding carboxylic acids is 1. The molecule has 2 aromatic carbocycles. The number of hydrogen-bond acceptors (Lipinski definition) is 4. The molecule has 31 heavy (non-hydrogen) atoms. The molecule has 2 aromatic rings. The predicted molar refractivity (Wildman–Crippen MR) is 116 cm³/mol. The summed E-state index contributed by atoms with van der Waals surface area (Å²) in [6, 6.07) is 13.0. The molecule has 8 heteroatoms. The molecule has 1 aliphatic heterocycles. The van der Waals surface area contributed by atoms with Gasteiger partial charge in [0.2, 0.25) is 0 Å². The Kier molecular flexibility index (Phi) is 7.21. The Balaban J connectivity index is 1.51. The maximum Gasteiger partial charge on any atom is 0.416 e. The maximum atomic E-state index is 12.9. The van der Waals surface area contributed by atoms with Gasteiger partial charge in [0.25, 0.3) is 5.91 Å². The van der Waals surface area contributed by atoms with Crippen LogP contribution in [0.3, 0.4) is 0 Å². The van der Waals surface area contributed by atoms with Gasteiger partial charge in [-0.25, -0.2) is 4.31 Å². The number of nitrogens with one attached hydrogen (secondary N) is 1. The minimum absolute atomic E-state index is 0.00625. The summed E-state index contributed by atoms with van der Waals surface area (Å²) in [5, 5.41) is 2.99. The highest BCUT2D eigenvalue weighted by atomic mass is 32.2. The van der Waals surface area contributed by atoms with E-state index in [0.29, 0.717) is 0 Å². The largest absolute Gasteiger partial charge is 0.478 e. The van der Waals surface area contributed by atoms with Gasteiger partial charge in [0.05, 0.1) is 5.56 Å². The van der Waals surface area contributed by atoms with Crippen molar-refractivity contribution in [3.8, 4) is 5.75 Å². The molecule has 1 fully saturated rings. The van der Waals surface area contributed by atoms with Crippen molar-refractivity contribution in [2.24, 2.45) is 0 Å². The molecule has 0 saturated carbocycles. The molecule has 0 atom stereocenters. The van der Waals surface area contributed by atoms with E-state index in [9.17, 15) is 18.0 Å². The van der Waals surface area contributed by atoms with Crippen LogP contribution in [-0.4, -0.2) is 34.9 Å². The summed E-state index contributed by atoms with van der Waals surface area (Å²) in [5.74, 6) is -0.325.